The highest BCUT2D eigenvalue weighted by Gasteiger charge is 2.17. The fourth-order valence-electron chi connectivity index (χ4n) is 3.28. The molecule has 0 saturated carbocycles. The monoisotopic (exact) mass is 424 g/mol. The van der Waals surface area contributed by atoms with Gasteiger partial charge in [0.2, 0.25) is 0 Å². The Kier molecular flexibility index (Phi) is 11.5. The fraction of sp³-hybridized carbons (Fsp3) is 0.444. The molecular formula is C27H36O4. The van der Waals surface area contributed by atoms with Gasteiger partial charge in [-0.25, -0.2) is 4.79 Å². The first-order valence-electron chi connectivity index (χ1n) is 10.9. The van der Waals surface area contributed by atoms with E-state index in [1.54, 1.807) is 6.92 Å². The van der Waals surface area contributed by atoms with Crippen LogP contribution < -0.4 is 0 Å². The average Bonchev–Trinajstić information content (AvgIpc) is 2.68. The SMILES string of the molecule is CC(C)=CCCC(=CCCC(C)=CCCC(C)=CCC1=CC(=O)C=C(C)C1=O)C(=O)O. The van der Waals surface area contributed by atoms with Crippen molar-refractivity contribution in [3.8, 4) is 0 Å². The molecule has 0 amide bonds. The highest BCUT2D eigenvalue weighted by molar-refractivity contribution is 6.20. The number of carboxylic acid groups (broad SMARTS) is 1. The fourth-order valence-corrected chi connectivity index (χ4v) is 3.28. The molecule has 0 fully saturated rings. The lowest BCUT2D eigenvalue weighted by atomic mass is 9.94. The first-order chi connectivity index (χ1) is 14.6. The van der Waals surface area contributed by atoms with E-state index in [-0.39, 0.29) is 11.6 Å². The summed E-state index contributed by atoms with van der Waals surface area (Å²) < 4.78 is 0. The van der Waals surface area contributed by atoms with Crippen molar-refractivity contribution in [1.29, 1.82) is 0 Å². The van der Waals surface area contributed by atoms with Crippen LogP contribution in [-0.4, -0.2) is 22.6 Å². The summed E-state index contributed by atoms with van der Waals surface area (Å²) >= 11 is 0. The predicted molar refractivity (Wildman–Crippen MR) is 127 cm³/mol. The van der Waals surface area contributed by atoms with Gasteiger partial charge in [-0.2, -0.15) is 0 Å². The Morgan fingerprint density at radius 2 is 1.42 bits per heavy atom. The molecule has 0 bridgehead atoms. The second kappa shape index (κ2) is 13.5. The molecular weight excluding hydrogens is 388 g/mol. The normalized spacial score (nSPS) is 15.6. The van der Waals surface area contributed by atoms with Gasteiger partial charge >= 0.3 is 5.97 Å². The largest absolute Gasteiger partial charge is 0.478 e. The van der Waals surface area contributed by atoms with E-state index in [1.165, 1.54) is 28.9 Å². The van der Waals surface area contributed by atoms with Gasteiger partial charge in [-0.1, -0.05) is 41.0 Å². The van der Waals surface area contributed by atoms with Crippen LogP contribution in [0.15, 0.2) is 69.9 Å². The predicted octanol–water partition coefficient (Wildman–Crippen LogP) is 6.61. The summed E-state index contributed by atoms with van der Waals surface area (Å²) in [6, 6.07) is 0. The molecule has 1 aliphatic carbocycles. The molecule has 0 atom stereocenters. The van der Waals surface area contributed by atoms with Crippen LogP contribution in [0.5, 0.6) is 0 Å². The van der Waals surface area contributed by atoms with Gasteiger partial charge in [-0.15, -0.1) is 0 Å². The lowest BCUT2D eigenvalue weighted by Crippen LogP contribution is -2.12. The third-order valence-corrected chi connectivity index (χ3v) is 5.20. The molecule has 0 aromatic heterocycles. The van der Waals surface area contributed by atoms with E-state index in [2.05, 4.69) is 19.1 Å². The number of rotatable bonds is 12. The van der Waals surface area contributed by atoms with Crippen molar-refractivity contribution in [2.75, 3.05) is 0 Å². The molecule has 1 rings (SSSR count). The average molecular weight is 425 g/mol. The summed E-state index contributed by atoms with van der Waals surface area (Å²) in [5.41, 5.74) is 5.18. The highest BCUT2D eigenvalue weighted by atomic mass is 16.4. The van der Waals surface area contributed by atoms with E-state index >= 15 is 0 Å². The van der Waals surface area contributed by atoms with Gasteiger partial charge in [0, 0.05) is 16.7 Å². The van der Waals surface area contributed by atoms with Gasteiger partial charge in [0.25, 0.3) is 0 Å². The molecule has 0 aromatic rings. The van der Waals surface area contributed by atoms with Crippen molar-refractivity contribution in [2.24, 2.45) is 0 Å². The zero-order chi connectivity index (χ0) is 23.4. The molecule has 4 nitrogen and oxygen atoms in total. The van der Waals surface area contributed by atoms with Crippen LogP contribution in [-0.2, 0) is 14.4 Å². The molecule has 1 aliphatic rings. The molecule has 4 heteroatoms. The van der Waals surface area contributed by atoms with Crippen LogP contribution in [0.1, 0.15) is 79.6 Å². The van der Waals surface area contributed by atoms with Crippen molar-refractivity contribution in [1.82, 2.24) is 0 Å². The van der Waals surface area contributed by atoms with E-state index < -0.39 is 5.97 Å². The molecule has 0 unspecified atom stereocenters. The molecule has 0 aliphatic heterocycles. The third kappa shape index (κ3) is 10.7. The Morgan fingerprint density at radius 1 is 0.839 bits per heavy atom. The number of carbonyl (C=O) groups excluding carboxylic acids is 2. The quantitative estimate of drug-likeness (QED) is 0.217. The van der Waals surface area contributed by atoms with E-state index in [0.29, 0.717) is 29.6 Å². The number of aliphatic carboxylic acids is 1. The summed E-state index contributed by atoms with van der Waals surface area (Å²) in [7, 11) is 0. The number of Topliss-reactive ketones (excluding diaryl/α,β-unsaturated/α-hetero) is 1. The Morgan fingerprint density at radius 3 is 2.03 bits per heavy atom. The lowest BCUT2D eigenvalue weighted by molar-refractivity contribution is -0.132. The van der Waals surface area contributed by atoms with E-state index in [9.17, 15) is 19.5 Å². The number of allylic oxidation sites excluding steroid dienone is 11. The van der Waals surface area contributed by atoms with Crippen LogP contribution in [0.4, 0.5) is 0 Å². The smallest absolute Gasteiger partial charge is 0.331 e. The minimum atomic E-state index is -0.830. The van der Waals surface area contributed by atoms with Gasteiger partial charge in [0.15, 0.2) is 11.6 Å². The van der Waals surface area contributed by atoms with E-state index in [1.807, 2.05) is 32.9 Å². The minimum absolute atomic E-state index is 0.0472. The standard InChI is InChI=1S/C27H36O4/c1-19(2)9-6-13-23(27(30)31)14-8-12-20(3)10-7-11-21(4)15-16-24-18-25(28)17-22(5)26(24)29/h9-10,14-15,17-18H,6-8,11-13,16H2,1-5H3,(H,30,31). The van der Waals surface area contributed by atoms with Crippen molar-refractivity contribution in [3.63, 3.8) is 0 Å². The first kappa shape index (κ1) is 26.3. The Balaban J connectivity index is 2.47. The van der Waals surface area contributed by atoms with Crippen molar-refractivity contribution in [2.45, 2.75) is 79.6 Å². The number of carbonyl (C=O) groups is 3. The maximum atomic E-state index is 12.1. The number of hydrogen-bond acceptors (Lipinski definition) is 3. The van der Waals surface area contributed by atoms with Crippen molar-refractivity contribution < 1.29 is 19.5 Å². The maximum absolute atomic E-state index is 12.1. The number of carboxylic acids is 1. The second-order valence-corrected chi connectivity index (χ2v) is 8.47. The zero-order valence-electron chi connectivity index (χ0n) is 19.6. The molecule has 0 radical (unpaired) electrons. The molecule has 0 saturated heterocycles. The molecule has 168 valence electrons. The summed E-state index contributed by atoms with van der Waals surface area (Å²) in [6.07, 6.45) is 16.1. The molecule has 1 N–H and O–H groups in total. The summed E-state index contributed by atoms with van der Waals surface area (Å²) in [4.78, 5) is 35.1. The number of hydrogen-bond donors (Lipinski definition) is 1. The van der Waals surface area contributed by atoms with Crippen LogP contribution in [0.3, 0.4) is 0 Å². The highest BCUT2D eigenvalue weighted by Crippen LogP contribution is 2.18. The van der Waals surface area contributed by atoms with E-state index in [4.69, 9.17) is 0 Å². The maximum Gasteiger partial charge on any atom is 0.331 e. The second-order valence-electron chi connectivity index (χ2n) is 8.47. The van der Waals surface area contributed by atoms with Crippen LogP contribution >= 0.6 is 0 Å². The van der Waals surface area contributed by atoms with Gasteiger partial charge in [0.1, 0.15) is 0 Å². The molecule has 0 aromatic carbocycles. The van der Waals surface area contributed by atoms with Gasteiger partial charge < -0.3 is 5.11 Å². The van der Waals surface area contributed by atoms with Crippen molar-refractivity contribution in [3.05, 3.63) is 69.9 Å². The van der Waals surface area contributed by atoms with Crippen LogP contribution in [0.25, 0.3) is 0 Å². The lowest BCUT2D eigenvalue weighted by Gasteiger charge is -2.09. The van der Waals surface area contributed by atoms with Gasteiger partial charge in [-0.05, 0) is 91.7 Å². The summed E-state index contributed by atoms with van der Waals surface area (Å²) in [5, 5.41) is 9.34. The van der Waals surface area contributed by atoms with Gasteiger partial charge in [-0.3, -0.25) is 9.59 Å². The zero-order valence-corrected chi connectivity index (χ0v) is 19.6. The molecule has 31 heavy (non-hydrogen) atoms. The minimum Gasteiger partial charge on any atom is -0.478 e. The van der Waals surface area contributed by atoms with Crippen molar-refractivity contribution >= 4 is 17.5 Å². The van der Waals surface area contributed by atoms with Crippen LogP contribution in [0, 0.1) is 0 Å². The Hall–Kier alpha value is -2.75. The molecule has 0 spiro atoms. The number of ketones is 2. The first-order valence-corrected chi connectivity index (χ1v) is 10.9. The Bertz CT molecular complexity index is 869. The van der Waals surface area contributed by atoms with E-state index in [0.717, 1.165) is 32.1 Å². The summed E-state index contributed by atoms with van der Waals surface area (Å²) in [6.45, 7) is 9.82. The topological polar surface area (TPSA) is 71.4 Å². The van der Waals surface area contributed by atoms with Gasteiger partial charge in [0.05, 0.1) is 0 Å². The Labute approximate surface area is 186 Å². The molecule has 0 heterocycles. The van der Waals surface area contributed by atoms with Crippen LogP contribution in [0.2, 0.25) is 0 Å². The summed E-state index contributed by atoms with van der Waals surface area (Å²) in [5.74, 6) is -0.994. The third-order valence-electron chi connectivity index (χ3n) is 5.20.